The number of anilines is 1. The van der Waals surface area contributed by atoms with Crippen molar-refractivity contribution >= 4 is 17.6 Å². The Morgan fingerprint density at radius 1 is 1.50 bits per heavy atom. The molecule has 1 aliphatic heterocycles. The highest BCUT2D eigenvalue weighted by Crippen LogP contribution is 2.15. The molecule has 108 valence electrons. The number of nitrogens with zero attached hydrogens (tertiary/aromatic N) is 1. The summed E-state index contributed by atoms with van der Waals surface area (Å²) in [6.07, 6.45) is -0.788. The fraction of sp³-hybridized carbons (Fsp3) is 0.385. The van der Waals surface area contributed by atoms with Gasteiger partial charge >= 0.3 is 6.03 Å². The van der Waals surface area contributed by atoms with Crippen LogP contribution in [0.2, 0.25) is 0 Å². The summed E-state index contributed by atoms with van der Waals surface area (Å²) >= 11 is 0. The van der Waals surface area contributed by atoms with Crippen molar-refractivity contribution in [2.75, 3.05) is 25.0 Å². The van der Waals surface area contributed by atoms with E-state index in [1.54, 1.807) is 13.0 Å². The molecular formula is C13H16FN3O3. The van der Waals surface area contributed by atoms with Crippen LogP contribution in [0.4, 0.5) is 14.9 Å². The standard InChI is InChI=1S/C13H16FN3O3/c1-8-6-9(2-3-10(8)14)16-13(19)17-4-5-20-11(7-17)12(15)18/h2-3,6,11H,4-5,7H2,1H3,(H2,15,18)(H,16,19)/t11-/m0/s1. The number of hydrogen-bond donors (Lipinski definition) is 2. The van der Waals surface area contributed by atoms with Gasteiger partial charge in [-0.25, -0.2) is 9.18 Å². The number of aryl methyl sites for hydroxylation is 1. The van der Waals surface area contributed by atoms with Crippen molar-refractivity contribution in [1.29, 1.82) is 0 Å². The minimum Gasteiger partial charge on any atom is -0.367 e. The number of morpholine rings is 1. The molecule has 20 heavy (non-hydrogen) atoms. The number of hydrogen-bond acceptors (Lipinski definition) is 3. The van der Waals surface area contributed by atoms with Crippen molar-refractivity contribution in [1.82, 2.24) is 4.90 Å². The van der Waals surface area contributed by atoms with Gasteiger partial charge in [0, 0.05) is 12.2 Å². The van der Waals surface area contributed by atoms with Gasteiger partial charge in [0.05, 0.1) is 13.2 Å². The number of nitrogens with two attached hydrogens (primary N) is 1. The fourth-order valence-corrected chi connectivity index (χ4v) is 1.93. The Hall–Kier alpha value is -2.15. The molecule has 1 aromatic carbocycles. The molecule has 1 saturated heterocycles. The Bertz CT molecular complexity index is 536. The number of benzene rings is 1. The lowest BCUT2D eigenvalue weighted by Gasteiger charge is -2.31. The summed E-state index contributed by atoms with van der Waals surface area (Å²) in [7, 11) is 0. The molecule has 2 rings (SSSR count). The monoisotopic (exact) mass is 281 g/mol. The zero-order chi connectivity index (χ0) is 14.7. The maximum Gasteiger partial charge on any atom is 0.322 e. The minimum absolute atomic E-state index is 0.112. The highest BCUT2D eigenvalue weighted by molar-refractivity contribution is 5.90. The molecule has 6 nitrogen and oxygen atoms in total. The summed E-state index contributed by atoms with van der Waals surface area (Å²) in [5.74, 6) is -0.928. The summed E-state index contributed by atoms with van der Waals surface area (Å²) in [6, 6.07) is 3.94. The van der Waals surface area contributed by atoms with Crippen LogP contribution in [-0.4, -0.2) is 42.6 Å². The smallest absolute Gasteiger partial charge is 0.322 e. The summed E-state index contributed by atoms with van der Waals surface area (Å²) in [5, 5.41) is 2.65. The highest BCUT2D eigenvalue weighted by atomic mass is 19.1. The normalized spacial score (nSPS) is 18.7. The second-order valence-electron chi connectivity index (χ2n) is 4.60. The number of amides is 3. The van der Waals surface area contributed by atoms with Gasteiger partial charge in [-0.15, -0.1) is 0 Å². The summed E-state index contributed by atoms with van der Waals surface area (Å²) in [5.41, 5.74) is 6.10. The average molecular weight is 281 g/mol. The first-order chi connectivity index (χ1) is 9.47. The van der Waals surface area contributed by atoms with Gasteiger partial charge in [0.1, 0.15) is 5.82 Å². The van der Waals surface area contributed by atoms with Crippen molar-refractivity contribution in [3.05, 3.63) is 29.6 Å². The van der Waals surface area contributed by atoms with Crippen molar-refractivity contribution in [3.63, 3.8) is 0 Å². The Kier molecular flexibility index (Phi) is 4.19. The SMILES string of the molecule is Cc1cc(NC(=O)N2CCO[C@H](C(N)=O)C2)ccc1F. The quantitative estimate of drug-likeness (QED) is 0.843. The zero-order valence-electron chi connectivity index (χ0n) is 11.1. The van der Waals surface area contributed by atoms with Crippen LogP contribution in [0.25, 0.3) is 0 Å². The van der Waals surface area contributed by atoms with Crippen LogP contribution >= 0.6 is 0 Å². The van der Waals surface area contributed by atoms with Gasteiger partial charge in [-0.2, -0.15) is 0 Å². The second kappa shape index (κ2) is 5.87. The predicted molar refractivity (Wildman–Crippen MR) is 70.7 cm³/mol. The van der Waals surface area contributed by atoms with E-state index >= 15 is 0 Å². The third-order valence-corrected chi connectivity index (χ3v) is 3.08. The molecule has 0 aromatic heterocycles. The fourth-order valence-electron chi connectivity index (χ4n) is 1.93. The van der Waals surface area contributed by atoms with Crippen LogP contribution in [0.5, 0.6) is 0 Å². The maximum atomic E-state index is 13.1. The van der Waals surface area contributed by atoms with Gasteiger partial charge in [-0.3, -0.25) is 4.79 Å². The van der Waals surface area contributed by atoms with E-state index in [2.05, 4.69) is 5.32 Å². The second-order valence-corrected chi connectivity index (χ2v) is 4.60. The molecule has 3 amide bonds. The largest absolute Gasteiger partial charge is 0.367 e. The van der Waals surface area contributed by atoms with E-state index in [0.29, 0.717) is 17.8 Å². The van der Waals surface area contributed by atoms with Gasteiger partial charge < -0.3 is 20.7 Å². The Morgan fingerprint density at radius 3 is 2.90 bits per heavy atom. The highest BCUT2D eigenvalue weighted by Gasteiger charge is 2.27. The molecule has 1 fully saturated rings. The summed E-state index contributed by atoms with van der Waals surface area (Å²) in [4.78, 5) is 24.5. The molecular weight excluding hydrogens is 265 g/mol. The molecule has 1 aromatic rings. The molecule has 0 radical (unpaired) electrons. The molecule has 1 atom stereocenters. The van der Waals surface area contributed by atoms with Crippen LogP contribution in [-0.2, 0) is 9.53 Å². The number of carbonyl (C=O) groups excluding carboxylic acids is 2. The van der Waals surface area contributed by atoms with Crippen LogP contribution in [0.15, 0.2) is 18.2 Å². The number of nitrogens with one attached hydrogen (secondary N) is 1. The molecule has 1 heterocycles. The van der Waals surface area contributed by atoms with E-state index in [9.17, 15) is 14.0 Å². The molecule has 7 heteroatoms. The van der Waals surface area contributed by atoms with Crippen molar-refractivity contribution < 1.29 is 18.7 Å². The number of ether oxygens (including phenoxy) is 1. The Balaban J connectivity index is 2.00. The van der Waals surface area contributed by atoms with Gasteiger partial charge in [-0.1, -0.05) is 0 Å². The van der Waals surface area contributed by atoms with E-state index < -0.39 is 12.0 Å². The maximum absolute atomic E-state index is 13.1. The van der Waals surface area contributed by atoms with E-state index in [0.717, 1.165) is 0 Å². The number of rotatable bonds is 2. The zero-order valence-corrected chi connectivity index (χ0v) is 11.1. The topological polar surface area (TPSA) is 84.7 Å². The molecule has 1 aliphatic rings. The van der Waals surface area contributed by atoms with Crippen LogP contribution < -0.4 is 11.1 Å². The van der Waals surface area contributed by atoms with Crippen LogP contribution in [0.3, 0.4) is 0 Å². The number of halogens is 1. The molecule has 3 N–H and O–H groups in total. The lowest BCUT2D eigenvalue weighted by molar-refractivity contribution is -0.133. The molecule has 0 bridgehead atoms. The molecule has 0 spiro atoms. The average Bonchev–Trinajstić information content (AvgIpc) is 2.43. The lowest BCUT2D eigenvalue weighted by Crippen LogP contribution is -2.51. The van der Waals surface area contributed by atoms with Gasteiger partial charge in [0.25, 0.3) is 0 Å². The van der Waals surface area contributed by atoms with Crippen molar-refractivity contribution in [2.24, 2.45) is 5.73 Å². The minimum atomic E-state index is -0.788. The number of primary amides is 1. The lowest BCUT2D eigenvalue weighted by atomic mass is 10.2. The van der Waals surface area contributed by atoms with E-state index in [1.165, 1.54) is 17.0 Å². The first kappa shape index (κ1) is 14.3. The summed E-state index contributed by atoms with van der Waals surface area (Å²) < 4.78 is 18.3. The van der Waals surface area contributed by atoms with E-state index in [1.807, 2.05) is 0 Å². The molecule has 0 aliphatic carbocycles. The van der Waals surface area contributed by atoms with Gasteiger partial charge in [0.15, 0.2) is 6.10 Å². The van der Waals surface area contributed by atoms with Crippen LogP contribution in [0, 0.1) is 12.7 Å². The van der Waals surface area contributed by atoms with Gasteiger partial charge in [-0.05, 0) is 30.7 Å². The molecule has 0 saturated carbocycles. The molecule has 0 unspecified atom stereocenters. The van der Waals surface area contributed by atoms with E-state index in [-0.39, 0.29) is 25.0 Å². The number of carbonyl (C=O) groups is 2. The third kappa shape index (κ3) is 3.24. The van der Waals surface area contributed by atoms with Gasteiger partial charge in [0.2, 0.25) is 5.91 Å². The third-order valence-electron chi connectivity index (χ3n) is 3.08. The van der Waals surface area contributed by atoms with Crippen molar-refractivity contribution in [2.45, 2.75) is 13.0 Å². The van der Waals surface area contributed by atoms with E-state index in [4.69, 9.17) is 10.5 Å². The first-order valence-electron chi connectivity index (χ1n) is 6.20. The summed E-state index contributed by atoms with van der Waals surface area (Å²) in [6.45, 7) is 2.35. The number of urea groups is 1. The Morgan fingerprint density at radius 2 is 2.25 bits per heavy atom. The Labute approximate surface area is 115 Å². The van der Waals surface area contributed by atoms with Crippen LogP contribution in [0.1, 0.15) is 5.56 Å². The predicted octanol–water partition coefficient (Wildman–Crippen LogP) is 0.852. The first-order valence-corrected chi connectivity index (χ1v) is 6.20. The van der Waals surface area contributed by atoms with Crippen molar-refractivity contribution in [3.8, 4) is 0 Å².